The van der Waals surface area contributed by atoms with E-state index in [1.54, 1.807) is 17.9 Å². The predicted octanol–water partition coefficient (Wildman–Crippen LogP) is 3.20. The van der Waals surface area contributed by atoms with Crippen LogP contribution in [0.3, 0.4) is 0 Å². The van der Waals surface area contributed by atoms with Gasteiger partial charge in [-0.1, -0.05) is 24.3 Å². The molecule has 1 heterocycles. The Morgan fingerprint density at radius 3 is 2.37 bits per heavy atom. The van der Waals surface area contributed by atoms with E-state index in [-0.39, 0.29) is 30.3 Å². The number of aryl methyl sites for hydroxylation is 1. The van der Waals surface area contributed by atoms with E-state index in [0.29, 0.717) is 13.1 Å². The SMILES string of the molecule is Cc1ccc(NC(=O)CCC(=O)N2CCN(c3ccccc3)CC2)c(F)c1. The molecule has 0 bridgehead atoms. The van der Waals surface area contributed by atoms with Crippen molar-refractivity contribution in [3.05, 3.63) is 59.9 Å². The Kier molecular flexibility index (Phi) is 6.06. The summed E-state index contributed by atoms with van der Waals surface area (Å²) in [7, 11) is 0. The molecule has 0 radical (unpaired) electrons. The lowest BCUT2D eigenvalue weighted by molar-refractivity contribution is -0.133. The van der Waals surface area contributed by atoms with Gasteiger partial charge in [0.2, 0.25) is 11.8 Å². The molecule has 5 nitrogen and oxygen atoms in total. The van der Waals surface area contributed by atoms with Crippen molar-refractivity contribution in [2.45, 2.75) is 19.8 Å². The van der Waals surface area contributed by atoms with E-state index in [1.807, 2.05) is 18.2 Å². The largest absolute Gasteiger partial charge is 0.368 e. The van der Waals surface area contributed by atoms with E-state index in [1.165, 1.54) is 12.1 Å². The summed E-state index contributed by atoms with van der Waals surface area (Å²) in [5, 5.41) is 2.53. The van der Waals surface area contributed by atoms with Gasteiger partial charge in [-0.15, -0.1) is 0 Å². The number of carbonyl (C=O) groups excluding carboxylic acids is 2. The van der Waals surface area contributed by atoms with E-state index in [9.17, 15) is 14.0 Å². The van der Waals surface area contributed by atoms with Crippen molar-refractivity contribution in [2.24, 2.45) is 0 Å². The average molecular weight is 369 g/mol. The van der Waals surface area contributed by atoms with Crippen LogP contribution >= 0.6 is 0 Å². The molecule has 1 saturated heterocycles. The minimum Gasteiger partial charge on any atom is -0.368 e. The quantitative estimate of drug-likeness (QED) is 0.881. The maximum absolute atomic E-state index is 13.8. The fourth-order valence-corrected chi connectivity index (χ4v) is 3.17. The van der Waals surface area contributed by atoms with Crippen LogP contribution in [0.2, 0.25) is 0 Å². The molecule has 6 heteroatoms. The fourth-order valence-electron chi connectivity index (χ4n) is 3.17. The summed E-state index contributed by atoms with van der Waals surface area (Å²) < 4.78 is 13.8. The molecule has 2 aromatic rings. The standard InChI is InChI=1S/C21H24FN3O2/c1-16-7-8-19(18(22)15-16)23-20(26)9-10-21(27)25-13-11-24(12-14-25)17-5-3-2-4-6-17/h2-8,15H,9-14H2,1H3,(H,23,26). The average Bonchev–Trinajstić information content (AvgIpc) is 2.69. The summed E-state index contributed by atoms with van der Waals surface area (Å²) in [4.78, 5) is 28.4. The van der Waals surface area contributed by atoms with Crippen LogP contribution < -0.4 is 10.2 Å². The third-order valence-electron chi connectivity index (χ3n) is 4.72. The molecule has 27 heavy (non-hydrogen) atoms. The molecule has 0 aromatic heterocycles. The molecule has 2 amide bonds. The van der Waals surface area contributed by atoms with Gasteiger partial charge in [0.25, 0.3) is 0 Å². The van der Waals surface area contributed by atoms with Crippen LogP contribution in [0.15, 0.2) is 48.5 Å². The summed E-state index contributed by atoms with van der Waals surface area (Å²) >= 11 is 0. The van der Waals surface area contributed by atoms with Crippen LogP contribution in [-0.2, 0) is 9.59 Å². The minimum absolute atomic E-state index is 0.0396. The third-order valence-corrected chi connectivity index (χ3v) is 4.72. The van der Waals surface area contributed by atoms with E-state index < -0.39 is 5.82 Å². The van der Waals surface area contributed by atoms with Gasteiger partial charge in [-0.25, -0.2) is 4.39 Å². The third kappa shape index (κ3) is 5.06. The van der Waals surface area contributed by atoms with Gasteiger partial charge in [0.15, 0.2) is 0 Å². The second-order valence-corrected chi connectivity index (χ2v) is 6.73. The van der Waals surface area contributed by atoms with Gasteiger partial charge in [-0.3, -0.25) is 9.59 Å². The molecule has 0 atom stereocenters. The monoisotopic (exact) mass is 369 g/mol. The maximum Gasteiger partial charge on any atom is 0.224 e. The zero-order chi connectivity index (χ0) is 19.2. The van der Waals surface area contributed by atoms with Gasteiger partial charge in [-0.2, -0.15) is 0 Å². The Labute approximate surface area is 158 Å². The number of rotatable bonds is 5. The molecule has 0 aliphatic carbocycles. The molecule has 0 unspecified atom stereocenters. The number of benzene rings is 2. The Balaban J connectivity index is 1.44. The van der Waals surface area contributed by atoms with Crippen LogP contribution in [0, 0.1) is 12.7 Å². The highest BCUT2D eigenvalue weighted by atomic mass is 19.1. The molecule has 1 aliphatic rings. The normalized spacial score (nSPS) is 14.1. The molecule has 0 spiro atoms. The first-order valence-corrected chi connectivity index (χ1v) is 9.17. The fraction of sp³-hybridized carbons (Fsp3) is 0.333. The number of carbonyl (C=O) groups is 2. The highest BCUT2D eigenvalue weighted by Gasteiger charge is 2.21. The summed E-state index contributed by atoms with van der Waals surface area (Å²) in [6.07, 6.45) is 0.176. The van der Waals surface area contributed by atoms with Gasteiger partial charge in [0.05, 0.1) is 5.69 Å². The summed E-state index contributed by atoms with van der Waals surface area (Å²) in [5.74, 6) is -0.858. The Bertz CT molecular complexity index is 802. The Hall–Kier alpha value is -2.89. The second kappa shape index (κ2) is 8.66. The van der Waals surface area contributed by atoms with Gasteiger partial charge in [0.1, 0.15) is 5.82 Å². The lowest BCUT2D eigenvalue weighted by Gasteiger charge is -2.36. The number of hydrogen-bond donors (Lipinski definition) is 1. The number of nitrogens with one attached hydrogen (secondary N) is 1. The van der Waals surface area contributed by atoms with Crippen LogP contribution in [0.1, 0.15) is 18.4 Å². The topological polar surface area (TPSA) is 52.7 Å². The molecule has 2 aromatic carbocycles. The van der Waals surface area contributed by atoms with Crippen LogP contribution in [-0.4, -0.2) is 42.9 Å². The molecule has 1 fully saturated rings. The van der Waals surface area contributed by atoms with E-state index >= 15 is 0 Å². The predicted molar refractivity (Wildman–Crippen MR) is 104 cm³/mol. The second-order valence-electron chi connectivity index (χ2n) is 6.73. The lowest BCUT2D eigenvalue weighted by atomic mass is 10.2. The van der Waals surface area contributed by atoms with Gasteiger partial charge >= 0.3 is 0 Å². The van der Waals surface area contributed by atoms with Gasteiger partial charge < -0.3 is 15.1 Å². The first kappa shape index (κ1) is 18.9. The number of halogens is 1. The van der Waals surface area contributed by atoms with Gasteiger partial charge in [0, 0.05) is 44.7 Å². The summed E-state index contributed by atoms with van der Waals surface area (Å²) in [6.45, 7) is 4.61. The van der Waals surface area contributed by atoms with Crippen molar-refractivity contribution in [3.63, 3.8) is 0 Å². The van der Waals surface area contributed by atoms with Crippen molar-refractivity contribution in [1.29, 1.82) is 0 Å². The zero-order valence-electron chi connectivity index (χ0n) is 15.5. The Morgan fingerprint density at radius 2 is 1.70 bits per heavy atom. The van der Waals surface area contributed by atoms with Crippen molar-refractivity contribution >= 4 is 23.2 Å². The van der Waals surface area contributed by atoms with Crippen molar-refractivity contribution in [3.8, 4) is 0 Å². The first-order chi connectivity index (χ1) is 13.0. The highest BCUT2D eigenvalue weighted by Crippen LogP contribution is 2.17. The zero-order valence-corrected chi connectivity index (χ0v) is 15.5. The molecule has 3 rings (SSSR count). The number of piperazine rings is 1. The van der Waals surface area contributed by atoms with Crippen LogP contribution in [0.5, 0.6) is 0 Å². The number of amides is 2. The van der Waals surface area contributed by atoms with Crippen molar-refractivity contribution in [1.82, 2.24) is 4.90 Å². The smallest absolute Gasteiger partial charge is 0.224 e. The molecule has 1 N–H and O–H groups in total. The molecular formula is C21H24FN3O2. The van der Waals surface area contributed by atoms with Crippen molar-refractivity contribution < 1.29 is 14.0 Å². The number of hydrogen-bond acceptors (Lipinski definition) is 3. The van der Waals surface area contributed by atoms with Crippen molar-refractivity contribution in [2.75, 3.05) is 36.4 Å². The maximum atomic E-state index is 13.8. The molecular weight excluding hydrogens is 345 g/mol. The van der Waals surface area contributed by atoms with E-state index in [0.717, 1.165) is 24.3 Å². The molecule has 142 valence electrons. The van der Waals surface area contributed by atoms with Crippen LogP contribution in [0.25, 0.3) is 0 Å². The van der Waals surface area contributed by atoms with E-state index in [4.69, 9.17) is 0 Å². The minimum atomic E-state index is -0.466. The first-order valence-electron chi connectivity index (χ1n) is 9.17. The summed E-state index contributed by atoms with van der Waals surface area (Å²) in [5.41, 5.74) is 2.09. The lowest BCUT2D eigenvalue weighted by Crippen LogP contribution is -2.48. The number of anilines is 2. The molecule has 0 saturated carbocycles. The molecule has 1 aliphatic heterocycles. The van der Waals surface area contributed by atoms with Crippen LogP contribution in [0.4, 0.5) is 15.8 Å². The van der Waals surface area contributed by atoms with E-state index in [2.05, 4.69) is 22.3 Å². The number of nitrogens with zero attached hydrogens (tertiary/aromatic N) is 2. The number of para-hydroxylation sites is 1. The summed E-state index contributed by atoms with van der Waals surface area (Å²) in [6, 6.07) is 14.7. The Morgan fingerprint density at radius 1 is 1.00 bits per heavy atom. The highest BCUT2D eigenvalue weighted by molar-refractivity contribution is 5.93. The van der Waals surface area contributed by atoms with Gasteiger partial charge in [-0.05, 0) is 36.8 Å².